The van der Waals surface area contributed by atoms with Crippen molar-refractivity contribution in [3.63, 3.8) is 0 Å². The minimum atomic E-state index is -0.629. The maximum absolute atomic E-state index is 8.93. The number of ether oxygens (including phenoxy) is 1. The lowest BCUT2D eigenvalue weighted by atomic mass is 9.88. The van der Waals surface area contributed by atoms with E-state index in [-0.39, 0.29) is 0 Å². The molecule has 0 aliphatic carbocycles. The fraction of sp³-hybridized carbons (Fsp3) is 0.400. The third-order valence-corrected chi connectivity index (χ3v) is 2.27. The van der Waals surface area contributed by atoms with Crippen molar-refractivity contribution in [1.29, 1.82) is 5.26 Å². The highest BCUT2D eigenvalue weighted by molar-refractivity contribution is 6.30. The van der Waals surface area contributed by atoms with Crippen LogP contribution in [0.5, 0.6) is 5.88 Å². The Labute approximate surface area is 88.3 Å². The van der Waals surface area contributed by atoms with Gasteiger partial charge >= 0.3 is 0 Å². The van der Waals surface area contributed by atoms with Crippen LogP contribution in [0.15, 0.2) is 12.1 Å². The highest BCUT2D eigenvalue weighted by Gasteiger charge is 2.23. The van der Waals surface area contributed by atoms with E-state index in [1.807, 2.05) is 0 Å². The van der Waals surface area contributed by atoms with Crippen molar-refractivity contribution < 1.29 is 4.74 Å². The van der Waals surface area contributed by atoms with Gasteiger partial charge < -0.3 is 4.74 Å². The number of aromatic nitrogens is 1. The summed E-state index contributed by atoms with van der Waals surface area (Å²) in [5.41, 5.74) is 0.0820. The predicted octanol–water partition coefficient (Wildman–Crippen LogP) is 2.54. The minimum absolute atomic E-state index is 0.316. The van der Waals surface area contributed by atoms with Gasteiger partial charge in [0.05, 0.1) is 18.6 Å². The molecular formula is C10H11ClN2O. The number of hydrogen-bond acceptors (Lipinski definition) is 3. The molecule has 0 saturated heterocycles. The lowest BCUT2D eigenvalue weighted by molar-refractivity contribution is 0.397. The van der Waals surface area contributed by atoms with Crippen molar-refractivity contribution in [2.24, 2.45) is 0 Å². The Kier molecular flexibility index (Phi) is 2.97. The predicted molar refractivity (Wildman–Crippen MR) is 54.4 cm³/mol. The van der Waals surface area contributed by atoms with Crippen LogP contribution in [-0.4, -0.2) is 12.1 Å². The van der Waals surface area contributed by atoms with Crippen LogP contribution in [0.3, 0.4) is 0 Å². The van der Waals surface area contributed by atoms with Crippen LogP contribution in [0, 0.1) is 11.3 Å². The first-order valence-electron chi connectivity index (χ1n) is 4.13. The Morgan fingerprint density at radius 3 is 2.57 bits per heavy atom. The summed E-state index contributed by atoms with van der Waals surface area (Å²) in [6, 6.07) is 5.63. The molecule has 4 heteroatoms. The second-order valence-corrected chi connectivity index (χ2v) is 3.79. The molecule has 0 aromatic carbocycles. The van der Waals surface area contributed by atoms with Crippen molar-refractivity contribution in [3.8, 4) is 11.9 Å². The summed E-state index contributed by atoms with van der Waals surface area (Å²) in [6.45, 7) is 3.59. The molecule has 3 nitrogen and oxygen atoms in total. The highest BCUT2D eigenvalue weighted by Crippen LogP contribution is 2.29. The van der Waals surface area contributed by atoms with Gasteiger partial charge in [-0.2, -0.15) is 5.26 Å². The third-order valence-electron chi connectivity index (χ3n) is 1.99. The molecule has 0 spiro atoms. The molecule has 1 heterocycles. The third kappa shape index (κ3) is 1.97. The van der Waals surface area contributed by atoms with Gasteiger partial charge in [-0.05, 0) is 19.9 Å². The normalized spacial score (nSPS) is 10.8. The van der Waals surface area contributed by atoms with Gasteiger partial charge in [0, 0.05) is 11.6 Å². The number of rotatable bonds is 2. The van der Waals surface area contributed by atoms with Crippen LogP contribution in [-0.2, 0) is 5.41 Å². The molecular weight excluding hydrogens is 200 g/mol. The molecule has 0 saturated carbocycles. The molecule has 0 atom stereocenters. The molecule has 0 unspecified atom stereocenters. The van der Waals surface area contributed by atoms with E-state index in [1.165, 1.54) is 7.11 Å². The molecule has 14 heavy (non-hydrogen) atoms. The van der Waals surface area contributed by atoms with Crippen molar-refractivity contribution in [2.75, 3.05) is 7.11 Å². The molecule has 74 valence electrons. The van der Waals surface area contributed by atoms with E-state index in [0.29, 0.717) is 16.6 Å². The fourth-order valence-electron chi connectivity index (χ4n) is 1.06. The molecule has 0 bridgehead atoms. The first-order valence-corrected chi connectivity index (χ1v) is 4.51. The van der Waals surface area contributed by atoms with Crippen molar-refractivity contribution >= 4 is 11.6 Å². The van der Waals surface area contributed by atoms with Crippen LogP contribution < -0.4 is 4.74 Å². The number of halogens is 1. The van der Waals surface area contributed by atoms with Crippen LogP contribution in [0.4, 0.5) is 0 Å². The van der Waals surface area contributed by atoms with Gasteiger partial charge in [0.15, 0.2) is 0 Å². The summed E-state index contributed by atoms with van der Waals surface area (Å²) < 4.78 is 4.92. The second-order valence-electron chi connectivity index (χ2n) is 3.43. The Hall–Kier alpha value is -1.27. The number of pyridine rings is 1. The summed E-state index contributed by atoms with van der Waals surface area (Å²) in [7, 11) is 1.52. The molecule has 0 fully saturated rings. The molecule has 1 aromatic heterocycles. The zero-order chi connectivity index (χ0) is 10.8. The molecule has 0 radical (unpaired) electrons. The average molecular weight is 211 g/mol. The molecule has 0 aliphatic heterocycles. The van der Waals surface area contributed by atoms with Gasteiger partial charge in [0.2, 0.25) is 5.88 Å². The van der Waals surface area contributed by atoms with E-state index in [9.17, 15) is 0 Å². The summed E-state index contributed by atoms with van der Waals surface area (Å²) in [5.74, 6) is 0.451. The van der Waals surface area contributed by atoms with Gasteiger partial charge in [0.1, 0.15) is 5.15 Å². The zero-order valence-electron chi connectivity index (χ0n) is 8.34. The smallest absolute Gasteiger partial charge is 0.214 e. The van der Waals surface area contributed by atoms with Gasteiger partial charge in [-0.3, -0.25) is 0 Å². The maximum Gasteiger partial charge on any atom is 0.214 e. The highest BCUT2D eigenvalue weighted by atomic mass is 35.5. The summed E-state index contributed by atoms with van der Waals surface area (Å²) >= 11 is 5.93. The number of nitriles is 1. The molecule has 0 amide bonds. The lowest BCUT2D eigenvalue weighted by Crippen LogP contribution is -2.15. The van der Waals surface area contributed by atoms with E-state index >= 15 is 0 Å². The average Bonchev–Trinajstić information content (AvgIpc) is 2.17. The van der Waals surface area contributed by atoms with E-state index in [4.69, 9.17) is 21.6 Å². The Bertz CT molecular complexity index is 382. The molecule has 0 aliphatic rings. The second kappa shape index (κ2) is 3.85. The Balaban J connectivity index is 3.20. The van der Waals surface area contributed by atoms with Crippen molar-refractivity contribution in [1.82, 2.24) is 4.98 Å². The summed E-state index contributed by atoms with van der Waals surface area (Å²) in [5, 5.41) is 9.25. The van der Waals surface area contributed by atoms with Crippen molar-refractivity contribution in [3.05, 3.63) is 22.8 Å². The SMILES string of the molecule is COc1ccc(C(C)(C)C#N)c(Cl)n1. The quantitative estimate of drug-likeness (QED) is 0.705. The van der Waals surface area contributed by atoms with E-state index in [0.717, 1.165) is 0 Å². The molecule has 1 rings (SSSR count). The topological polar surface area (TPSA) is 45.9 Å². The minimum Gasteiger partial charge on any atom is -0.481 e. The van der Waals surface area contributed by atoms with Crippen LogP contribution in [0.25, 0.3) is 0 Å². The number of nitrogens with zero attached hydrogens (tertiary/aromatic N) is 2. The Morgan fingerprint density at radius 2 is 2.14 bits per heavy atom. The van der Waals surface area contributed by atoms with Gasteiger partial charge in [-0.15, -0.1) is 0 Å². The molecule has 1 aromatic rings. The summed E-state index contributed by atoms with van der Waals surface area (Å²) in [4.78, 5) is 4.00. The maximum atomic E-state index is 8.93. The Morgan fingerprint density at radius 1 is 1.50 bits per heavy atom. The lowest BCUT2D eigenvalue weighted by Gasteiger charge is -2.16. The first-order chi connectivity index (χ1) is 6.51. The number of methoxy groups -OCH3 is 1. The van der Waals surface area contributed by atoms with E-state index in [1.54, 1.807) is 26.0 Å². The van der Waals surface area contributed by atoms with E-state index in [2.05, 4.69) is 11.1 Å². The fourth-order valence-corrected chi connectivity index (χ4v) is 1.44. The molecule has 0 N–H and O–H groups in total. The van der Waals surface area contributed by atoms with Crippen LogP contribution >= 0.6 is 11.6 Å². The first kappa shape index (κ1) is 10.8. The van der Waals surface area contributed by atoms with Crippen molar-refractivity contribution in [2.45, 2.75) is 19.3 Å². The number of hydrogen-bond donors (Lipinski definition) is 0. The summed E-state index contributed by atoms with van der Waals surface area (Å²) in [6.07, 6.45) is 0. The van der Waals surface area contributed by atoms with Gasteiger partial charge in [-0.1, -0.05) is 11.6 Å². The zero-order valence-corrected chi connectivity index (χ0v) is 9.09. The standard InChI is InChI=1S/C10H11ClN2O/c1-10(2,6-12)7-4-5-8(14-3)13-9(7)11/h4-5H,1-3H3. The van der Waals surface area contributed by atoms with Gasteiger partial charge in [0.25, 0.3) is 0 Å². The largest absolute Gasteiger partial charge is 0.481 e. The van der Waals surface area contributed by atoms with E-state index < -0.39 is 5.41 Å². The van der Waals surface area contributed by atoms with Crippen LogP contribution in [0.2, 0.25) is 5.15 Å². The monoisotopic (exact) mass is 210 g/mol. The van der Waals surface area contributed by atoms with Gasteiger partial charge in [-0.25, -0.2) is 4.98 Å². The van der Waals surface area contributed by atoms with Crippen LogP contribution in [0.1, 0.15) is 19.4 Å².